The van der Waals surface area contributed by atoms with Gasteiger partial charge in [0.25, 0.3) is 0 Å². The highest BCUT2D eigenvalue weighted by Gasteiger charge is 2.18. The summed E-state index contributed by atoms with van der Waals surface area (Å²) in [5, 5.41) is 7.27. The standard InChI is InChI=1S/C20H13BrF2N4S/c21-12-2-4-17(28)14(6-12)15-7-16(22)13(18(23)19(15)25)3-1-10-5-11(8-24)20(26)27-9-10/h2,4-9,24,28H,25H2,(H2,26,27). The number of anilines is 2. The maximum atomic E-state index is 14.8. The van der Waals surface area contributed by atoms with Crippen molar-refractivity contribution in [2.24, 2.45) is 0 Å². The second-order valence-corrected chi connectivity index (χ2v) is 7.16. The lowest BCUT2D eigenvalue weighted by Gasteiger charge is -2.12. The summed E-state index contributed by atoms with van der Waals surface area (Å²) < 4.78 is 30.1. The third kappa shape index (κ3) is 3.86. The first-order valence-electron chi connectivity index (χ1n) is 7.86. The summed E-state index contributed by atoms with van der Waals surface area (Å²) in [5.41, 5.74) is 12.3. The molecule has 0 radical (unpaired) electrons. The summed E-state index contributed by atoms with van der Waals surface area (Å²) >= 11 is 7.65. The first-order valence-corrected chi connectivity index (χ1v) is 9.10. The molecule has 0 spiro atoms. The number of thiol groups is 1. The van der Waals surface area contributed by atoms with Gasteiger partial charge >= 0.3 is 0 Å². The van der Waals surface area contributed by atoms with Crippen molar-refractivity contribution in [3.05, 3.63) is 69.3 Å². The van der Waals surface area contributed by atoms with E-state index in [1.54, 1.807) is 18.2 Å². The van der Waals surface area contributed by atoms with Crippen LogP contribution in [0.2, 0.25) is 0 Å². The summed E-state index contributed by atoms with van der Waals surface area (Å²) in [4.78, 5) is 4.42. The van der Waals surface area contributed by atoms with Gasteiger partial charge in [-0.2, -0.15) is 0 Å². The average molecular weight is 459 g/mol. The fourth-order valence-electron chi connectivity index (χ4n) is 2.51. The number of halogens is 3. The molecule has 1 aromatic heterocycles. The van der Waals surface area contributed by atoms with Crippen LogP contribution in [-0.4, -0.2) is 11.2 Å². The van der Waals surface area contributed by atoms with Crippen LogP contribution in [0.15, 0.2) is 45.9 Å². The Hall–Kier alpha value is -2.89. The summed E-state index contributed by atoms with van der Waals surface area (Å²) in [7, 11) is 0. The molecule has 0 aliphatic heterocycles. The van der Waals surface area contributed by atoms with Crippen molar-refractivity contribution in [3.8, 4) is 23.0 Å². The van der Waals surface area contributed by atoms with Crippen LogP contribution >= 0.6 is 28.6 Å². The summed E-state index contributed by atoms with van der Waals surface area (Å²) in [5.74, 6) is 3.44. The third-order valence-corrected chi connectivity index (χ3v) is 4.82. The van der Waals surface area contributed by atoms with Gasteiger partial charge < -0.3 is 16.9 Å². The Kier molecular flexibility index (Phi) is 5.68. The molecule has 1 heterocycles. The molecule has 140 valence electrons. The Morgan fingerprint density at radius 1 is 1.11 bits per heavy atom. The van der Waals surface area contributed by atoms with Crippen molar-refractivity contribution in [2.45, 2.75) is 4.90 Å². The van der Waals surface area contributed by atoms with Crippen molar-refractivity contribution < 1.29 is 8.78 Å². The lowest BCUT2D eigenvalue weighted by atomic mass is 10.00. The SMILES string of the molecule is N=Cc1cc(C#Cc2c(F)cc(-c3cc(Br)ccc3S)c(N)c2F)cnc1N. The number of nitrogens with one attached hydrogen (secondary N) is 1. The largest absolute Gasteiger partial charge is 0.396 e. The van der Waals surface area contributed by atoms with E-state index in [0.29, 0.717) is 21.6 Å². The van der Waals surface area contributed by atoms with E-state index in [0.717, 1.165) is 16.8 Å². The van der Waals surface area contributed by atoms with Gasteiger partial charge in [0.15, 0.2) is 5.82 Å². The van der Waals surface area contributed by atoms with Crippen LogP contribution in [0.25, 0.3) is 11.1 Å². The molecular formula is C20H13BrF2N4S. The van der Waals surface area contributed by atoms with Gasteiger partial charge in [0.1, 0.15) is 11.6 Å². The van der Waals surface area contributed by atoms with Crippen molar-refractivity contribution in [1.29, 1.82) is 5.41 Å². The number of nitrogens with zero attached hydrogens (tertiary/aromatic N) is 1. The summed E-state index contributed by atoms with van der Waals surface area (Å²) in [6.45, 7) is 0. The van der Waals surface area contributed by atoms with Crippen LogP contribution in [0.3, 0.4) is 0 Å². The molecule has 0 saturated carbocycles. The van der Waals surface area contributed by atoms with Gasteiger partial charge in [-0.3, -0.25) is 0 Å². The van der Waals surface area contributed by atoms with Crippen molar-refractivity contribution >= 4 is 46.3 Å². The smallest absolute Gasteiger partial charge is 0.165 e. The number of nitrogens with two attached hydrogens (primary N) is 2. The Morgan fingerprint density at radius 3 is 2.57 bits per heavy atom. The van der Waals surface area contributed by atoms with E-state index >= 15 is 0 Å². The number of hydrogen-bond donors (Lipinski definition) is 4. The monoisotopic (exact) mass is 458 g/mol. The highest BCUT2D eigenvalue weighted by Crippen LogP contribution is 2.36. The van der Waals surface area contributed by atoms with Crippen molar-refractivity contribution in [1.82, 2.24) is 4.98 Å². The van der Waals surface area contributed by atoms with E-state index in [-0.39, 0.29) is 17.1 Å². The number of nitrogen functional groups attached to an aromatic ring is 2. The van der Waals surface area contributed by atoms with E-state index < -0.39 is 17.2 Å². The van der Waals surface area contributed by atoms with Gasteiger partial charge in [-0.1, -0.05) is 27.8 Å². The van der Waals surface area contributed by atoms with Gasteiger partial charge in [0, 0.05) is 38.5 Å². The van der Waals surface area contributed by atoms with Gasteiger partial charge in [0.2, 0.25) is 0 Å². The molecule has 0 aliphatic carbocycles. The molecule has 0 bridgehead atoms. The van der Waals surface area contributed by atoms with Crippen LogP contribution in [-0.2, 0) is 0 Å². The predicted octanol–water partition coefficient (Wildman–Crippen LogP) is 4.64. The molecule has 5 N–H and O–H groups in total. The Morgan fingerprint density at radius 2 is 1.86 bits per heavy atom. The van der Waals surface area contributed by atoms with E-state index in [2.05, 4.69) is 45.4 Å². The van der Waals surface area contributed by atoms with Gasteiger partial charge in [0.05, 0.1) is 11.3 Å². The number of benzene rings is 2. The Labute approximate surface area is 174 Å². The zero-order chi connectivity index (χ0) is 20.4. The zero-order valence-electron chi connectivity index (χ0n) is 14.2. The lowest BCUT2D eigenvalue weighted by Crippen LogP contribution is -2.01. The summed E-state index contributed by atoms with van der Waals surface area (Å²) in [6, 6.07) is 7.77. The molecule has 3 rings (SSSR count). The number of hydrogen-bond acceptors (Lipinski definition) is 5. The van der Waals surface area contributed by atoms with Crippen molar-refractivity contribution in [2.75, 3.05) is 11.5 Å². The van der Waals surface area contributed by atoms with Gasteiger partial charge in [-0.15, -0.1) is 12.6 Å². The highest BCUT2D eigenvalue weighted by atomic mass is 79.9. The molecule has 0 amide bonds. The molecule has 0 saturated heterocycles. The van der Waals surface area contributed by atoms with E-state index in [1.807, 2.05) is 0 Å². The number of rotatable bonds is 2. The molecule has 4 nitrogen and oxygen atoms in total. The zero-order valence-corrected chi connectivity index (χ0v) is 16.7. The fourth-order valence-corrected chi connectivity index (χ4v) is 3.13. The van der Waals surface area contributed by atoms with Gasteiger partial charge in [-0.05, 0) is 35.9 Å². The Balaban J connectivity index is 2.10. The topological polar surface area (TPSA) is 88.8 Å². The predicted molar refractivity (Wildman–Crippen MR) is 114 cm³/mol. The van der Waals surface area contributed by atoms with E-state index in [9.17, 15) is 8.78 Å². The molecule has 0 atom stereocenters. The molecule has 0 unspecified atom stereocenters. The third-order valence-electron chi connectivity index (χ3n) is 3.94. The van der Waals surface area contributed by atoms with Crippen LogP contribution in [0.4, 0.5) is 20.3 Å². The van der Waals surface area contributed by atoms with E-state index in [1.165, 1.54) is 12.3 Å². The van der Waals surface area contributed by atoms with Crippen LogP contribution in [0.1, 0.15) is 16.7 Å². The van der Waals surface area contributed by atoms with Crippen LogP contribution in [0.5, 0.6) is 0 Å². The molecule has 0 fully saturated rings. The second kappa shape index (κ2) is 8.00. The highest BCUT2D eigenvalue weighted by molar-refractivity contribution is 9.10. The molecule has 3 aromatic rings. The minimum Gasteiger partial charge on any atom is -0.396 e. The minimum absolute atomic E-state index is 0.170. The maximum absolute atomic E-state index is 14.8. The second-order valence-electron chi connectivity index (χ2n) is 5.76. The number of pyridine rings is 1. The van der Waals surface area contributed by atoms with E-state index in [4.69, 9.17) is 16.9 Å². The molecule has 0 aliphatic rings. The summed E-state index contributed by atoms with van der Waals surface area (Å²) in [6.07, 6.45) is 2.38. The molecule has 28 heavy (non-hydrogen) atoms. The first kappa shape index (κ1) is 19.9. The van der Waals surface area contributed by atoms with Gasteiger partial charge in [-0.25, -0.2) is 13.8 Å². The van der Waals surface area contributed by atoms with Crippen LogP contribution < -0.4 is 11.5 Å². The quantitative estimate of drug-likeness (QED) is 0.195. The molecule has 8 heteroatoms. The Bertz CT molecular complexity index is 1170. The normalized spacial score (nSPS) is 10.3. The first-order chi connectivity index (χ1) is 13.3. The molecule has 2 aromatic carbocycles. The maximum Gasteiger partial charge on any atom is 0.165 e. The van der Waals surface area contributed by atoms with Crippen LogP contribution in [0, 0.1) is 28.9 Å². The van der Waals surface area contributed by atoms with Crippen molar-refractivity contribution in [3.63, 3.8) is 0 Å². The average Bonchev–Trinajstić information content (AvgIpc) is 2.67. The lowest BCUT2D eigenvalue weighted by molar-refractivity contribution is 0.581. The fraction of sp³-hybridized carbons (Fsp3) is 0. The molecular weight excluding hydrogens is 446 g/mol. The minimum atomic E-state index is -0.953. The number of aromatic nitrogens is 1.